The van der Waals surface area contributed by atoms with Crippen molar-refractivity contribution < 1.29 is 24.1 Å². The van der Waals surface area contributed by atoms with E-state index >= 15 is 0 Å². The van der Waals surface area contributed by atoms with E-state index in [4.69, 9.17) is 14.2 Å². The normalized spacial score (nSPS) is 16.5. The molecule has 0 radical (unpaired) electrons. The molecule has 0 bridgehead atoms. The number of rotatable bonds is 7. The van der Waals surface area contributed by atoms with Gasteiger partial charge in [0.25, 0.3) is 0 Å². The zero-order valence-electron chi connectivity index (χ0n) is 17.0. The van der Waals surface area contributed by atoms with Crippen LogP contribution in [-0.4, -0.2) is 31.5 Å². The predicted molar refractivity (Wildman–Crippen MR) is 110 cm³/mol. The molecule has 1 saturated carbocycles. The van der Waals surface area contributed by atoms with Crippen LogP contribution in [0.1, 0.15) is 55.4 Å². The molecule has 1 fully saturated rings. The summed E-state index contributed by atoms with van der Waals surface area (Å²) in [5.74, 6) is 1.39. The summed E-state index contributed by atoms with van der Waals surface area (Å²) < 4.78 is 16.1. The first-order chi connectivity index (χ1) is 14.1. The van der Waals surface area contributed by atoms with Gasteiger partial charge >= 0.3 is 6.09 Å². The fourth-order valence-corrected chi connectivity index (χ4v) is 3.65. The van der Waals surface area contributed by atoms with Crippen molar-refractivity contribution in [1.82, 2.24) is 5.32 Å². The van der Waals surface area contributed by atoms with Crippen LogP contribution in [0.2, 0.25) is 0 Å². The van der Waals surface area contributed by atoms with Crippen molar-refractivity contribution in [3.8, 4) is 11.5 Å². The van der Waals surface area contributed by atoms with Gasteiger partial charge in [0.15, 0.2) is 6.10 Å². The molecular weight excluding hydrogens is 370 g/mol. The number of hydrogen-bond acceptors (Lipinski definition) is 5. The molecule has 0 aromatic heterocycles. The van der Waals surface area contributed by atoms with E-state index in [1.165, 1.54) is 6.42 Å². The van der Waals surface area contributed by atoms with Crippen molar-refractivity contribution in [2.75, 3.05) is 14.2 Å². The maximum Gasteiger partial charge on any atom is 0.408 e. The molecule has 2 aromatic carbocycles. The van der Waals surface area contributed by atoms with E-state index in [9.17, 15) is 9.90 Å². The van der Waals surface area contributed by atoms with E-state index in [1.807, 2.05) is 0 Å². The van der Waals surface area contributed by atoms with Gasteiger partial charge in [-0.15, -0.1) is 0 Å². The zero-order chi connectivity index (χ0) is 20.6. The molecule has 0 spiro atoms. The number of carbonyl (C=O) groups is 1. The van der Waals surface area contributed by atoms with Gasteiger partial charge in [0.2, 0.25) is 0 Å². The third kappa shape index (κ3) is 5.64. The minimum Gasteiger partial charge on any atom is -0.497 e. The van der Waals surface area contributed by atoms with Gasteiger partial charge in [-0.25, -0.2) is 4.79 Å². The Morgan fingerprint density at radius 2 is 1.41 bits per heavy atom. The Balaban J connectivity index is 1.78. The van der Waals surface area contributed by atoms with E-state index in [-0.39, 0.29) is 6.04 Å². The number of alkyl carbamates (subject to hydrolysis) is 1. The Morgan fingerprint density at radius 1 is 0.897 bits per heavy atom. The molecule has 0 saturated heterocycles. The molecule has 1 aliphatic carbocycles. The van der Waals surface area contributed by atoms with Crippen LogP contribution in [0.25, 0.3) is 0 Å². The maximum atomic E-state index is 12.6. The van der Waals surface area contributed by atoms with Gasteiger partial charge in [-0.05, 0) is 48.2 Å². The number of amides is 1. The monoisotopic (exact) mass is 399 g/mol. The Morgan fingerprint density at radius 3 is 1.93 bits per heavy atom. The van der Waals surface area contributed by atoms with Crippen molar-refractivity contribution in [3.63, 3.8) is 0 Å². The fourth-order valence-electron chi connectivity index (χ4n) is 3.65. The summed E-state index contributed by atoms with van der Waals surface area (Å²) in [5.41, 5.74) is 1.32. The van der Waals surface area contributed by atoms with Crippen LogP contribution >= 0.6 is 0 Å². The smallest absolute Gasteiger partial charge is 0.408 e. The van der Waals surface area contributed by atoms with Crippen LogP contribution in [0, 0.1) is 0 Å². The lowest BCUT2D eigenvalue weighted by atomic mass is 9.96. The van der Waals surface area contributed by atoms with Crippen molar-refractivity contribution in [3.05, 3.63) is 59.7 Å². The van der Waals surface area contributed by atoms with Gasteiger partial charge in [0.1, 0.15) is 17.6 Å². The Hall–Kier alpha value is -2.73. The first-order valence-electron chi connectivity index (χ1n) is 10.0. The summed E-state index contributed by atoms with van der Waals surface area (Å²) in [6.45, 7) is 0. The predicted octanol–water partition coefficient (Wildman–Crippen LogP) is 4.54. The second kappa shape index (κ2) is 10.2. The van der Waals surface area contributed by atoms with Crippen LogP contribution in [0.5, 0.6) is 11.5 Å². The van der Waals surface area contributed by atoms with Crippen molar-refractivity contribution in [1.29, 1.82) is 0 Å². The highest BCUT2D eigenvalue weighted by atomic mass is 16.6. The number of aliphatic hydroxyl groups excluding tert-OH is 1. The summed E-state index contributed by atoms with van der Waals surface area (Å²) in [5, 5.41) is 14.0. The van der Waals surface area contributed by atoms with Crippen LogP contribution in [-0.2, 0) is 4.74 Å². The maximum absolute atomic E-state index is 12.6. The second-order valence-corrected chi connectivity index (χ2v) is 7.30. The lowest BCUT2D eigenvalue weighted by Gasteiger charge is -2.27. The minimum atomic E-state index is -1.02. The number of ether oxygens (including phenoxy) is 3. The topological polar surface area (TPSA) is 77.0 Å². The van der Waals surface area contributed by atoms with Crippen molar-refractivity contribution in [2.45, 2.75) is 50.4 Å². The Labute approximate surface area is 171 Å². The molecule has 156 valence electrons. The largest absolute Gasteiger partial charge is 0.497 e. The highest BCUT2D eigenvalue weighted by molar-refractivity contribution is 5.68. The number of benzene rings is 2. The second-order valence-electron chi connectivity index (χ2n) is 7.30. The number of hydrogen-bond donors (Lipinski definition) is 2. The lowest BCUT2D eigenvalue weighted by molar-refractivity contribution is -0.00160. The van der Waals surface area contributed by atoms with E-state index in [1.54, 1.807) is 62.8 Å². The Bertz CT molecular complexity index is 769. The van der Waals surface area contributed by atoms with Crippen LogP contribution in [0.15, 0.2) is 48.5 Å². The highest BCUT2D eigenvalue weighted by Crippen LogP contribution is 2.34. The molecule has 29 heavy (non-hydrogen) atoms. The fraction of sp³-hybridized carbons (Fsp3) is 0.435. The molecular formula is C23H29NO5. The van der Waals surface area contributed by atoms with Gasteiger partial charge in [-0.3, -0.25) is 0 Å². The average Bonchev–Trinajstić information content (AvgIpc) is 2.78. The van der Waals surface area contributed by atoms with Crippen LogP contribution in [0.3, 0.4) is 0 Å². The van der Waals surface area contributed by atoms with Gasteiger partial charge in [0.05, 0.1) is 14.2 Å². The summed E-state index contributed by atoms with van der Waals surface area (Å²) in [4.78, 5) is 12.6. The van der Waals surface area contributed by atoms with Crippen LogP contribution < -0.4 is 14.8 Å². The number of methoxy groups -OCH3 is 2. The summed E-state index contributed by atoms with van der Waals surface area (Å²) >= 11 is 0. The molecule has 6 nitrogen and oxygen atoms in total. The number of nitrogens with one attached hydrogen (secondary N) is 1. The Kier molecular flexibility index (Phi) is 7.36. The summed E-state index contributed by atoms with van der Waals surface area (Å²) in [7, 11) is 3.18. The van der Waals surface area contributed by atoms with E-state index in [2.05, 4.69) is 5.32 Å². The molecule has 1 amide bonds. The lowest BCUT2D eigenvalue weighted by Crippen LogP contribution is -2.37. The van der Waals surface area contributed by atoms with E-state index in [0.717, 1.165) is 25.7 Å². The molecule has 1 aliphatic rings. The molecule has 0 heterocycles. The molecule has 3 rings (SSSR count). The van der Waals surface area contributed by atoms with Gasteiger partial charge in [-0.2, -0.15) is 0 Å². The number of aliphatic hydroxyl groups is 1. The van der Waals surface area contributed by atoms with Gasteiger partial charge in [-0.1, -0.05) is 43.5 Å². The third-order valence-electron chi connectivity index (χ3n) is 5.35. The standard InChI is InChI=1S/C23H29NO5/c1-27-19-12-8-16(9-13-19)21(25)22(17-10-14-20(28-2)15-11-17)29-23(26)24-18-6-4-3-5-7-18/h8-15,18,21-22,25H,3-7H2,1-2H3,(H,24,26). The third-order valence-corrected chi connectivity index (χ3v) is 5.35. The van der Waals surface area contributed by atoms with E-state index < -0.39 is 18.3 Å². The molecule has 2 aromatic rings. The summed E-state index contributed by atoms with van der Waals surface area (Å²) in [6, 6.07) is 14.4. The van der Waals surface area contributed by atoms with Crippen LogP contribution in [0.4, 0.5) is 4.79 Å². The number of carbonyl (C=O) groups excluding carboxylic acids is 1. The molecule has 0 aliphatic heterocycles. The SMILES string of the molecule is COc1ccc(C(O)C(OC(=O)NC2CCCCC2)c2ccc(OC)cc2)cc1. The zero-order valence-corrected chi connectivity index (χ0v) is 17.0. The van der Waals surface area contributed by atoms with Gasteiger partial charge in [0, 0.05) is 6.04 Å². The minimum absolute atomic E-state index is 0.130. The molecule has 6 heteroatoms. The van der Waals surface area contributed by atoms with E-state index in [0.29, 0.717) is 22.6 Å². The quantitative estimate of drug-likeness (QED) is 0.715. The molecule has 2 unspecified atom stereocenters. The average molecular weight is 399 g/mol. The first-order valence-corrected chi connectivity index (χ1v) is 10.0. The molecule has 2 N–H and O–H groups in total. The highest BCUT2D eigenvalue weighted by Gasteiger charge is 2.28. The van der Waals surface area contributed by atoms with Gasteiger partial charge < -0.3 is 24.6 Å². The van der Waals surface area contributed by atoms with Crippen molar-refractivity contribution in [2.24, 2.45) is 0 Å². The summed E-state index contributed by atoms with van der Waals surface area (Å²) in [6.07, 6.45) is 2.97. The first kappa shape index (κ1) is 21.0. The van der Waals surface area contributed by atoms with Crippen molar-refractivity contribution >= 4 is 6.09 Å². The molecule has 2 atom stereocenters.